The van der Waals surface area contributed by atoms with Gasteiger partial charge in [0.2, 0.25) is 0 Å². The average molecular weight is 425 g/mol. The SMILES string of the molecule is CCCCCc1ccc(C#Cc2ccc(C#CC3CCC(CCCCC)CC3)cc2)cc1. The molecular formula is C32H40. The summed E-state index contributed by atoms with van der Waals surface area (Å²) in [5.41, 5.74) is 4.66. The summed E-state index contributed by atoms with van der Waals surface area (Å²) >= 11 is 0. The Morgan fingerprint density at radius 1 is 0.625 bits per heavy atom. The van der Waals surface area contributed by atoms with Gasteiger partial charge in [-0.2, -0.15) is 0 Å². The fraction of sp³-hybridized carbons (Fsp3) is 0.500. The summed E-state index contributed by atoms with van der Waals surface area (Å²) in [6, 6.07) is 17.2. The van der Waals surface area contributed by atoms with Crippen LogP contribution in [-0.2, 0) is 6.42 Å². The number of rotatable bonds is 8. The van der Waals surface area contributed by atoms with E-state index in [0.717, 1.165) is 22.6 Å². The van der Waals surface area contributed by atoms with Crippen molar-refractivity contribution in [2.45, 2.75) is 90.9 Å². The molecule has 0 amide bonds. The van der Waals surface area contributed by atoms with Crippen molar-refractivity contribution in [1.82, 2.24) is 0 Å². The monoisotopic (exact) mass is 424 g/mol. The Kier molecular flexibility index (Phi) is 10.5. The molecule has 2 aromatic carbocycles. The van der Waals surface area contributed by atoms with Gasteiger partial charge in [0, 0.05) is 22.6 Å². The fourth-order valence-electron chi connectivity index (χ4n) is 4.58. The summed E-state index contributed by atoms with van der Waals surface area (Å²) in [7, 11) is 0. The lowest BCUT2D eigenvalue weighted by molar-refractivity contribution is 0.294. The Morgan fingerprint density at radius 3 is 1.75 bits per heavy atom. The third kappa shape index (κ3) is 8.60. The summed E-state index contributed by atoms with van der Waals surface area (Å²) in [6.45, 7) is 4.54. The molecular weight excluding hydrogens is 384 g/mol. The number of hydrogen-bond donors (Lipinski definition) is 0. The molecule has 0 aliphatic heterocycles. The van der Waals surface area contributed by atoms with Crippen molar-refractivity contribution < 1.29 is 0 Å². The van der Waals surface area contributed by atoms with Gasteiger partial charge in [-0.3, -0.25) is 0 Å². The molecule has 0 heteroatoms. The summed E-state index contributed by atoms with van der Waals surface area (Å²) in [4.78, 5) is 0. The molecule has 1 aliphatic rings. The summed E-state index contributed by atoms with van der Waals surface area (Å²) in [6.07, 6.45) is 15.9. The van der Waals surface area contributed by atoms with Crippen LogP contribution in [0.2, 0.25) is 0 Å². The van der Waals surface area contributed by atoms with Gasteiger partial charge in [0.1, 0.15) is 0 Å². The molecule has 0 unspecified atom stereocenters. The second-order valence-electron chi connectivity index (χ2n) is 9.46. The molecule has 0 N–H and O–H groups in total. The molecule has 2 aromatic rings. The quantitative estimate of drug-likeness (QED) is 0.294. The summed E-state index contributed by atoms with van der Waals surface area (Å²) in [5, 5.41) is 0. The Hall–Kier alpha value is -2.44. The molecule has 1 saturated carbocycles. The van der Waals surface area contributed by atoms with Crippen LogP contribution in [0.4, 0.5) is 0 Å². The molecule has 0 atom stereocenters. The van der Waals surface area contributed by atoms with Gasteiger partial charge in [-0.25, -0.2) is 0 Å². The molecule has 1 fully saturated rings. The van der Waals surface area contributed by atoms with Crippen LogP contribution in [0.5, 0.6) is 0 Å². The van der Waals surface area contributed by atoms with Crippen LogP contribution in [0.25, 0.3) is 0 Å². The third-order valence-electron chi connectivity index (χ3n) is 6.74. The van der Waals surface area contributed by atoms with E-state index in [1.54, 1.807) is 0 Å². The zero-order valence-corrected chi connectivity index (χ0v) is 20.3. The first-order valence-corrected chi connectivity index (χ1v) is 13.0. The van der Waals surface area contributed by atoms with Crippen LogP contribution >= 0.6 is 0 Å². The molecule has 0 aromatic heterocycles. The molecule has 32 heavy (non-hydrogen) atoms. The minimum absolute atomic E-state index is 0.585. The van der Waals surface area contributed by atoms with Crippen LogP contribution in [0, 0.1) is 35.5 Å². The minimum atomic E-state index is 0.585. The van der Waals surface area contributed by atoms with Gasteiger partial charge in [-0.1, -0.05) is 88.2 Å². The van der Waals surface area contributed by atoms with Crippen molar-refractivity contribution in [3.63, 3.8) is 0 Å². The second kappa shape index (κ2) is 13.9. The highest BCUT2D eigenvalue weighted by atomic mass is 14.2. The first-order chi connectivity index (χ1) is 15.8. The molecule has 0 heterocycles. The van der Waals surface area contributed by atoms with Gasteiger partial charge >= 0.3 is 0 Å². The predicted molar refractivity (Wildman–Crippen MR) is 139 cm³/mol. The van der Waals surface area contributed by atoms with Crippen LogP contribution in [0.15, 0.2) is 48.5 Å². The maximum absolute atomic E-state index is 3.54. The van der Waals surface area contributed by atoms with Gasteiger partial charge in [-0.15, -0.1) is 0 Å². The Balaban J connectivity index is 1.46. The Bertz CT molecular complexity index is 900. The molecule has 3 rings (SSSR count). The Morgan fingerprint density at radius 2 is 1.16 bits per heavy atom. The topological polar surface area (TPSA) is 0 Å². The lowest BCUT2D eigenvalue weighted by atomic mass is 9.80. The van der Waals surface area contributed by atoms with Crippen molar-refractivity contribution in [3.8, 4) is 23.7 Å². The fourth-order valence-corrected chi connectivity index (χ4v) is 4.58. The molecule has 0 radical (unpaired) electrons. The zero-order valence-electron chi connectivity index (χ0n) is 20.3. The van der Waals surface area contributed by atoms with E-state index in [0.29, 0.717) is 5.92 Å². The summed E-state index contributed by atoms with van der Waals surface area (Å²) in [5.74, 6) is 15.1. The van der Waals surface area contributed by atoms with Gasteiger partial charge in [0.25, 0.3) is 0 Å². The third-order valence-corrected chi connectivity index (χ3v) is 6.74. The first kappa shape index (κ1) is 24.2. The van der Waals surface area contributed by atoms with Crippen molar-refractivity contribution >= 4 is 0 Å². The van der Waals surface area contributed by atoms with Crippen LogP contribution in [-0.4, -0.2) is 0 Å². The molecule has 1 aliphatic carbocycles. The standard InChI is InChI=1S/C32H40/c1-3-5-7-9-27-11-15-29(16-12-27)19-21-31-23-25-32(26-24-31)22-20-30-17-13-28(14-18-30)10-8-6-4-2/h11-12,15-16,23-26,28,30H,3-10,13-14,17-18H2,1-2H3. The number of aryl methyl sites for hydroxylation is 1. The lowest BCUT2D eigenvalue weighted by Gasteiger charge is -2.25. The highest BCUT2D eigenvalue weighted by Gasteiger charge is 2.19. The molecule has 0 spiro atoms. The van der Waals surface area contributed by atoms with Crippen molar-refractivity contribution in [1.29, 1.82) is 0 Å². The number of hydrogen-bond acceptors (Lipinski definition) is 0. The van der Waals surface area contributed by atoms with Crippen molar-refractivity contribution in [2.75, 3.05) is 0 Å². The molecule has 0 saturated heterocycles. The van der Waals surface area contributed by atoms with Crippen molar-refractivity contribution in [2.24, 2.45) is 11.8 Å². The second-order valence-corrected chi connectivity index (χ2v) is 9.46. The van der Waals surface area contributed by atoms with Crippen LogP contribution in [0.1, 0.15) is 107 Å². The van der Waals surface area contributed by atoms with E-state index in [1.165, 1.54) is 82.6 Å². The number of benzene rings is 2. The minimum Gasteiger partial charge on any atom is -0.0945 e. The first-order valence-electron chi connectivity index (χ1n) is 13.0. The maximum atomic E-state index is 3.54. The van der Waals surface area contributed by atoms with Crippen LogP contribution < -0.4 is 0 Å². The molecule has 0 bridgehead atoms. The predicted octanol–water partition coefficient (Wildman–Crippen LogP) is 8.56. The lowest BCUT2D eigenvalue weighted by Crippen LogP contribution is -2.13. The molecule has 0 nitrogen and oxygen atoms in total. The zero-order chi connectivity index (χ0) is 22.4. The van der Waals surface area contributed by atoms with E-state index < -0.39 is 0 Å². The van der Waals surface area contributed by atoms with E-state index in [9.17, 15) is 0 Å². The van der Waals surface area contributed by atoms with Gasteiger partial charge in [0.15, 0.2) is 0 Å². The van der Waals surface area contributed by atoms with E-state index in [1.807, 2.05) is 0 Å². The number of unbranched alkanes of at least 4 members (excludes halogenated alkanes) is 4. The normalized spacial score (nSPS) is 17.7. The van der Waals surface area contributed by atoms with Gasteiger partial charge < -0.3 is 0 Å². The smallest absolute Gasteiger partial charge is 0.0249 e. The highest BCUT2D eigenvalue weighted by molar-refractivity contribution is 5.46. The van der Waals surface area contributed by atoms with Gasteiger partial charge in [-0.05, 0) is 86.4 Å². The van der Waals surface area contributed by atoms with Gasteiger partial charge in [0.05, 0.1) is 0 Å². The van der Waals surface area contributed by atoms with Crippen molar-refractivity contribution in [3.05, 3.63) is 70.8 Å². The van der Waals surface area contributed by atoms with Crippen LogP contribution in [0.3, 0.4) is 0 Å². The Labute approximate surface area is 197 Å². The largest absolute Gasteiger partial charge is 0.0945 e. The van der Waals surface area contributed by atoms with E-state index in [-0.39, 0.29) is 0 Å². The van der Waals surface area contributed by atoms with E-state index in [4.69, 9.17) is 0 Å². The highest BCUT2D eigenvalue weighted by Crippen LogP contribution is 2.31. The van der Waals surface area contributed by atoms with E-state index in [2.05, 4.69) is 86.1 Å². The summed E-state index contributed by atoms with van der Waals surface area (Å²) < 4.78 is 0. The molecule has 168 valence electrons. The maximum Gasteiger partial charge on any atom is 0.0249 e. The van der Waals surface area contributed by atoms with E-state index >= 15 is 0 Å². The average Bonchev–Trinajstić information content (AvgIpc) is 2.84.